The van der Waals surface area contributed by atoms with Gasteiger partial charge < -0.3 is 16.2 Å². The van der Waals surface area contributed by atoms with Crippen LogP contribution in [0, 0.1) is 12.3 Å². The molecule has 0 aliphatic carbocycles. The van der Waals surface area contributed by atoms with E-state index in [4.69, 9.17) is 27.8 Å². The summed E-state index contributed by atoms with van der Waals surface area (Å²) in [5.74, 6) is 0.795. The molecule has 0 aromatic heterocycles. The van der Waals surface area contributed by atoms with E-state index in [1.54, 1.807) is 7.11 Å². The molecule has 0 saturated heterocycles. The Morgan fingerprint density at radius 1 is 1.41 bits per heavy atom. The maximum Gasteiger partial charge on any atom is 0.126 e. The Bertz CT molecular complexity index is 405. The summed E-state index contributed by atoms with van der Waals surface area (Å²) in [7, 11) is 1.64. The zero-order valence-corrected chi connectivity index (χ0v) is 11.6. The van der Waals surface area contributed by atoms with Crippen LogP contribution in [0.3, 0.4) is 0 Å². The third kappa shape index (κ3) is 2.92. The van der Waals surface area contributed by atoms with E-state index in [0.29, 0.717) is 11.6 Å². The highest BCUT2D eigenvalue weighted by Crippen LogP contribution is 2.38. The second kappa shape index (κ2) is 5.25. The molecule has 4 heteroatoms. The van der Waals surface area contributed by atoms with Crippen molar-refractivity contribution in [2.24, 2.45) is 16.9 Å². The fourth-order valence-corrected chi connectivity index (χ4v) is 2.09. The Hall–Kier alpha value is -0.770. The minimum absolute atomic E-state index is 0.204. The van der Waals surface area contributed by atoms with Crippen molar-refractivity contribution < 1.29 is 4.74 Å². The number of hydrogen-bond acceptors (Lipinski definition) is 3. The predicted molar refractivity (Wildman–Crippen MR) is 72.5 cm³/mol. The fraction of sp³-hybridized carbons (Fsp3) is 0.538. The van der Waals surface area contributed by atoms with Crippen molar-refractivity contribution in [1.82, 2.24) is 0 Å². The molecular weight excluding hydrogens is 236 g/mol. The summed E-state index contributed by atoms with van der Waals surface area (Å²) in [5, 5.41) is 0.668. The number of aryl methyl sites for hydroxylation is 1. The number of hydrogen-bond donors (Lipinski definition) is 2. The molecule has 3 nitrogen and oxygen atoms in total. The zero-order valence-electron chi connectivity index (χ0n) is 10.9. The van der Waals surface area contributed by atoms with Crippen molar-refractivity contribution in [3.8, 4) is 5.75 Å². The van der Waals surface area contributed by atoms with Gasteiger partial charge in [-0.1, -0.05) is 25.4 Å². The average molecular weight is 257 g/mol. The minimum atomic E-state index is -0.208. The zero-order chi connectivity index (χ0) is 13.2. The third-order valence-electron chi connectivity index (χ3n) is 3.18. The number of ether oxygens (including phenoxy) is 1. The lowest BCUT2D eigenvalue weighted by atomic mass is 9.80. The van der Waals surface area contributed by atoms with Crippen LogP contribution in [0.1, 0.15) is 31.0 Å². The highest BCUT2D eigenvalue weighted by molar-refractivity contribution is 6.30. The van der Waals surface area contributed by atoms with E-state index in [2.05, 4.69) is 0 Å². The molecule has 0 aliphatic heterocycles. The van der Waals surface area contributed by atoms with E-state index in [0.717, 1.165) is 16.9 Å². The van der Waals surface area contributed by atoms with Crippen molar-refractivity contribution in [2.75, 3.05) is 13.7 Å². The fourth-order valence-electron chi connectivity index (χ4n) is 1.81. The molecule has 0 fully saturated rings. The molecular formula is C13H21ClN2O. The van der Waals surface area contributed by atoms with Gasteiger partial charge in [0.15, 0.2) is 0 Å². The second-order valence-electron chi connectivity index (χ2n) is 5.02. The Morgan fingerprint density at radius 3 is 2.47 bits per heavy atom. The lowest BCUT2D eigenvalue weighted by Crippen LogP contribution is -2.36. The van der Waals surface area contributed by atoms with Gasteiger partial charge in [0.25, 0.3) is 0 Å². The number of halogens is 1. The summed E-state index contributed by atoms with van der Waals surface area (Å²) in [4.78, 5) is 0. The normalized spacial score (nSPS) is 13.6. The van der Waals surface area contributed by atoms with Crippen molar-refractivity contribution in [1.29, 1.82) is 0 Å². The standard InChI is InChI=1S/C13H21ClN2O/c1-8-5-9(14)6-10(11(8)17-4)12(16)13(2,3)7-15/h5-6,12H,7,15-16H2,1-4H3. The molecule has 0 spiro atoms. The molecule has 4 N–H and O–H groups in total. The lowest BCUT2D eigenvalue weighted by molar-refractivity contribution is 0.291. The highest BCUT2D eigenvalue weighted by atomic mass is 35.5. The Labute approximate surface area is 108 Å². The smallest absolute Gasteiger partial charge is 0.126 e. The molecule has 0 radical (unpaired) electrons. The molecule has 1 atom stereocenters. The van der Waals surface area contributed by atoms with Crippen LogP contribution in [0.4, 0.5) is 0 Å². The molecule has 96 valence electrons. The molecule has 0 heterocycles. The Kier molecular flexibility index (Phi) is 4.42. The number of methoxy groups -OCH3 is 1. The lowest BCUT2D eigenvalue weighted by Gasteiger charge is -2.31. The first kappa shape index (κ1) is 14.3. The van der Waals surface area contributed by atoms with Crippen LogP contribution in [-0.4, -0.2) is 13.7 Å². The van der Waals surface area contributed by atoms with Gasteiger partial charge in [0.05, 0.1) is 7.11 Å². The first-order valence-corrected chi connectivity index (χ1v) is 6.01. The topological polar surface area (TPSA) is 61.3 Å². The van der Waals surface area contributed by atoms with E-state index in [-0.39, 0.29) is 11.5 Å². The number of benzene rings is 1. The van der Waals surface area contributed by atoms with Crippen molar-refractivity contribution >= 4 is 11.6 Å². The van der Waals surface area contributed by atoms with Crippen molar-refractivity contribution in [3.63, 3.8) is 0 Å². The molecule has 1 aromatic carbocycles. The summed E-state index contributed by atoms with van der Waals surface area (Å²) in [6.45, 7) is 6.53. The highest BCUT2D eigenvalue weighted by Gasteiger charge is 2.29. The maximum absolute atomic E-state index is 6.28. The van der Waals surface area contributed by atoms with Gasteiger partial charge in [0.1, 0.15) is 5.75 Å². The molecule has 17 heavy (non-hydrogen) atoms. The van der Waals surface area contributed by atoms with Gasteiger partial charge in [0, 0.05) is 16.6 Å². The quantitative estimate of drug-likeness (QED) is 0.871. The summed E-state index contributed by atoms with van der Waals surface area (Å²) in [6.07, 6.45) is 0. The molecule has 0 aliphatic rings. The van der Waals surface area contributed by atoms with Gasteiger partial charge in [0.2, 0.25) is 0 Å². The molecule has 1 rings (SSSR count). The van der Waals surface area contributed by atoms with Crippen LogP contribution in [0.2, 0.25) is 5.02 Å². The minimum Gasteiger partial charge on any atom is -0.496 e. The van der Waals surface area contributed by atoms with E-state index < -0.39 is 0 Å². The van der Waals surface area contributed by atoms with Crippen LogP contribution >= 0.6 is 11.6 Å². The maximum atomic E-state index is 6.28. The van der Waals surface area contributed by atoms with Gasteiger partial charge in [-0.15, -0.1) is 0 Å². The van der Waals surface area contributed by atoms with Crippen molar-refractivity contribution in [2.45, 2.75) is 26.8 Å². The summed E-state index contributed by atoms with van der Waals surface area (Å²) < 4.78 is 5.41. The average Bonchev–Trinajstić information content (AvgIpc) is 2.27. The SMILES string of the molecule is COc1c(C)cc(Cl)cc1C(N)C(C)(C)CN. The second-order valence-corrected chi connectivity index (χ2v) is 5.45. The Morgan fingerprint density at radius 2 is 2.00 bits per heavy atom. The third-order valence-corrected chi connectivity index (χ3v) is 3.39. The van der Waals surface area contributed by atoms with Gasteiger partial charge in [-0.3, -0.25) is 0 Å². The van der Waals surface area contributed by atoms with Crippen LogP contribution in [-0.2, 0) is 0 Å². The summed E-state index contributed by atoms with van der Waals surface area (Å²) in [5.41, 5.74) is 13.7. The van der Waals surface area contributed by atoms with Gasteiger partial charge in [-0.2, -0.15) is 0 Å². The molecule has 1 unspecified atom stereocenters. The first-order chi connectivity index (χ1) is 7.83. The van der Waals surface area contributed by atoms with Gasteiger partial charge in [-0.25, -0.2) is 0 Å². The molecule has 0 bridgehead atoms. The Balaban J connectivity index is 3.30. The molecule has 0 amide bonds. The van der Waals surface area contributed by atoms with Gasteiger partial charge in [-0.05, 0) is 36.6 Å². The molecule has 1 aromatic rings. The number of rotatable bonds is 4. The van der Waals surface area contributed by atoms with Crippen LogP contribution in [0.5, 0.6) is 5.75 Å². The summed E-state index contributed by atoms with van der Waals surface area (Å²) in [6, 6.07) is 3.52. The van der Waals surface area contributed by atoms with E-state index >= 15 is 0 Å². The van der Waals surface area contributed by atoms with E-state index in [1.807, 2.05) is 32.9 Å². The van der Waals surface area contributed by atoms with E-state index in [9.17, 15) is 0 Å². The predicted octanol–water partition coefficient (Wildman–Crippen LogP) is 2.64. The summed E-state index contributed by atoms with van der Waals surface area (Å²) >= 11 is 6.07. The van der Waals surface area contributed by atoms with Crippen LogP contribution < -0.4 is 16.2 Å². The van der Waals surface area contributed by atoms with Crippen LogP contribution in [0.25, 0.3) is 0 Å². The van der Waals surface area contributed by atoms with Crippen molar-refractivity contribution in [3.05, 3.63) is 28.3 Å². The molecule has 0 saturated carbocycles. The number of nitrogens with two attached hydrogens (primary N) is 2. The van der Waals surface area contributed by atoms with Gasteiger partial charge >= 0.3 is 0 Å². The first-order valence-electron chi connectivity index (χ1n) is 5.63. The van der Waals surface area contributed by atoms with E-state index in [1.165, 1.54) is 0 Å². The monoisotopic (exact) mass is 256 g/mol. The largest absolute Gasteiger partial charge is 0.496 e. The van der Waals surface area contributed by atoms with Crippen LogP contribution in [0.15, 0.2) is 12.1 Å².